The number of aromatic nitrogens is 2. The van der Waals surface area contributed by atoms with E-state index in [0.29, 0.717) is 12.5 Å². The SMILES string of the molecule is O=C(CC1C(=O)N(CCC2=CCCCC2)c2nc3ccccc3n21)Nc1ccccc1. The molecular weight excluding hydrogens is 388 g/mol. The molecule has 0 bridgehead atoms. The summed E-state index contributed by atoms with van der Waals surface area (Å²) < 4.78 is 1.94. The molecule has 1 aliphatic heterocycles. The van der Waals surface area contributed by atoms with Gasteiger partial charge in [0.15, 0.2) is 0 Å². The van der Waals surface area contributed by atoms with Crippen LogP contribution in [-0.2, 0) is 9.59 Å². The third-order valence-electron chi connectivity index (χ3n) is 6.16. The number of hydrogen-bond acceptors (Lipinski definition) is 3. The molecule has 0 fully saturated rings. The molecule has 1 N–H and O–H groups in total. The van der Waals surface area contributed by atoms with Gasteiger partial charge in [-0.15, -0.1) is 0 Å². The summed E-state index contributed by atoms with van der Waals surface area (Å²) in [5.41, 5.74) is 3.89. The fourth-order valence-electron chi connectivity index (χ4n) is 4.60. The molecule has 1 atom stereocenters. The van der Waals surface area contributed by atoms with Gasteiger partial charge in [-0.2, -0.15) is 0 Å². The average molecular weight is 415 g/mol. The molecule has 31 heavy (non-hydrogen) atoms. The van der Waals surface area contributed by atoms with Crippen molar-refractivity contribution >= 4 is 34.5 Å². The second-order valence-electron chi connectivity index (χ2n) is 8.25. The predicted octanol–water partition coefficient (Wildman–Crippen LogP) is 4.84. The van der Waals surface area contributed by atoms with Crippen molar-refractivity contribution in [3.05, 3.63) is 66.2 Å². The van der Waals surface area contributed by atoms with E-state index in [0.717, 1.165) is 36.0 Å². The van der Waals surface area contributed by atoms with Crippen LogP contribution in [0.1, 0.15) is 44.6 Å². The summed E-state index contributed by atoms with van der Waals surface area (Å²) in [6.45, 7) is 0.602. The van der Waals surface area contributed by atoms with Crippen LogP contribution in [0.15, 0.2) is 66.2 Å². The van der Waals surface area contributed by atoms with Crippen LogP contribution in [0.25, 0.3) is 11.0 Å². The Morgan fingerprint density at radius 1 is 1.06 bits per heavy atom. The van der Waals surface area contributed by atoms with Crippen molar-refractivity contribution in [1.29, 1.82) is 0 Å². The Hall–Kier alpha value is -3.41. The molecule has 6 heteroatoms. The van der Waals surface area contributed by atoms with Crippen LogP contribution in [0.3, 0.4) is 0 Å². The van der Waals surface area contributed by atoms with Crippen LogP contribution >= 0.6 is 0 Å². The van der Waals surface area contributed by atoms with Gasteiger partial charge in [0, 0.05) is 12.2 Å². The normalized spacial score (nSPS) is 18.2. The van der Waals surface area contributed by atoms with Gasteiger partial charge in [-0.25, -0.2) is 4.98 Å². The highest BCUT2D eigenvalue weighted by molar-refractivity contribution is 6.05. The van der Waals surface area contributed by atoms with Crippen LogP contribution in [-0.4, -0.2) is 27.9 Å². The second-order valence-corrected chi connectivity index (χ2v) is 8.25. The van der Waals surface area contributed by atoms with Crippen LogP contribution < -0.4 is 10.2 Å². The topological polar surface area (TPSA) is 67.2 Å². The van der Waals surface area contributed by atoms with E-state index in [-0.39, 0.29) is 18.2 Å². The average Bonchev–Trinajstić information content (AvgIpc) is 3.28. The molecule has 0 radical (unpaired) electrons. The van der Waals surface area contributed by atoms with E-state index in [1.807, 2.05) is 59.2 Å². The zero-order valence-corrected chi connectivity index (χ0v) is 17.5. The minimum Gasteiger partial charge on any atom is -0.326 e. The number of benzene rings is 2. The number of nitrogens with one attached hydrogen (secondary N) is 1. The molecule has 158 valence electrons. The molecule has 6 nitrogen and oxygen atoms in total. The molecule has 1 aliphatic carbocycles. The number of para-hydroxylation sites is 3. The van der Waals surface area contributed by atoms with Gasteiger partial charge in [0.05, 0.1) is 17.5 Å². The molecule has 2 aromatic carbocycles. The van der Waals surface area contributed by atoms with Gasteiger partial charge < -0.3 is 5.32 Å². The molecule has 3 aromatic rings. The zero-order chi connectivity index (χ0) is 21.2. The predicted molar refractivity (Wildman–Crippen MR) is 122 cm³/mol. The van der Waals surface area contributed by atoms with Gasteiger partial charge >= 0.3 is 0 Å². The number of hydrogen-bond donors (Lipinski definition) is 1. The van der Waals surface area contributed by atoms with E-state index in [9.17, 15) is 9.59 Å². The van der Waals surface area contributed by atoms with Crippen LogP contribution in [0.4, 0.5) is 11.6 Å². The lowest BCUT2D eigenvalue weighted by Crippen LogP contribution is -2.32. The van der Waals surface area contributed by atoms with E-state index >= 15 is 0 Å². The summed E-state index contributed by atoms with van der Waals surface area (Å²) in [5.74, 6) is 0.429. The number of allylic oxidation sites excluding steroid dienone is 1. The smallest absolute Gasteiger partial charge is 0.253 e. The first kappa shape index (κ1) is 19.5. The summed E-state index contributed by atoms with van der Waals surface area (Å²) in [7, 11) is 0. The number of fused-ring (bicyclic) bond motifs is 3. The van der Waals surface area contributed by atoms with E-state index < -0.39 is 6.04 Å². The van der Waals surface area contributed by atoms with E-state index in [1.165, 1.54) is 18.4 Å². The molecule has 0 spiro atoms. The van der Waals surface area contributed by atoms with Crippen molar-refractivity contribution in [2.75, 3.05) is 16.8 Å². The largest absolute Gasteiger partial charge is 0.326 e. The van der Waals surface area contributed by atoms with Crippen molar-refractivity contribution in [1.82, 2.24) is 9.55 Å². The first-order chi connectivity index (χ1) is 15.2. The Morgan fingerprint density at radius 2 is 1.87 bits per heavy atom. The zero-order valence-electron chi connectivity index (χ0n) is 17.5. The van der Waals surface area contributed by atoms with Gasteiger partial charge in [-0.1, -0.05) is 42.0 Å². The third-order valence-corrected chi connectivity index (χ3v) is 6.16. The number of carbonyl (C=O) groups excluding carboxylic acids is 2. The Labute approximate surface area is 181 Å². The number of nitrogens with zero attached hydrogens (tertiary/aromatic N) is 3. The maximum atomic E-state index is 13.4. The number of imidazole rings is 1. The summed E-state index contributed by atoms with van der Waals surface area (Å²) >= 11 is 0. The van der Waals surface area contributed by atoms with Gasteiger partial charge in [0.25, 0.3) is 5.91 Å². The number of carbonyl (C=O) groups is 2. The molecule has 2 aliphatic rings. The maximum Gasteiger partial charge on any atom is 0.253 e. The summed E-state index contributed by atoms with van der Waals surface area (Å²) in [4.78, 5) is 32.7. The summed E-state index contributed by atoms with van der Waals surface area (Å²) in [6.07, 6.45) is 7.97. The number of amides is 2. The van der Waals surface area contributed by atoms with Crippen molar-refractivity contribution in [3.63, 3.8) is 0 Å². The third kappa shape index (κ3) is 3.85. The highest BCUT2D eigenvalue weighted by atomic mass is 16.2. The quantitative estimate of drug-likeness (QED) is 0.587. The van der Waals surface area contributed by atoms with Gasteiger partial charge in [-0.05, 0) is 56.4 Å². The minimum absolute atomic E-state index is 0.0483. The van der Waals surface area contributed by atoms with Crippen LogP contribution in [0, 0.1) is 0 Å². The molecule has 0 saturated heterocycles. The van der Waals surface area contributed by atoms with Gasteiger partial charge in [0.2, 0.25) is 11.9 Å². The standard InChI is InChI=1S/C25H26N4O2/c30-23(26-19-11-5-2-6-12-19)17-22-24(31)28(16-15-18-9-3-1-4-10-18)25-27-20-13-7-8-14-21(20)29(22)25/h2,5-9,11-14,22H,1,3-4,10,15-17H2,(H,26,30). The molecule has 1 aromatic heterocycles. The molecule has 2 amide bonds. The second kappa shape index (κ2) is 8.38. The Balaban J connectivity index is 1.41. The van der Waals surface area contributed by atoms with Crippen LogP contribution in [0.5, 0.6) is 0 Å². The van der Waals surface area contributed by atoms with Crippen molar-refractivity contribution < 1.29 is 9.59 Å². The Morgan fingerprint density at radius 3 is 2.68 bits per heavy atom. The van der Waals surface area contributed by atoms with Crippen LogP contribution in [0.2, 0.25) is 0 Å². The fraction of sp³-hybridized carbons (Fsp3) is 0.320. The number of rotatable bonds is 6. The lowest BCUT2D eigenvalue weighted by molar-refractivity contribution is -0.124. The monoisotopic (exact) mass is 414 g/mol. The number of anilines is 2. The summed E-state index contributed by atoms with van der Waals surface area (Å²) in [6, 6.07) is 16.6. The Kier molecular flexibility index (Phi) is 5.28. The van der Waals surface area contributed by atoms with E-state index in [2.05, 4.69) is 11.4 Å². The van der Waals surface area contributed by atoms with Crippen molar-refractivity contribution in [2.45, 2.75) is 44.6 Å². The fourth-order valence-corrected chi connectivity index (χ4v) is 4.60. The van der Waals surface area contributed by atoms with E-state index in [1.54, 1.807) is 4.90 Å². The molecule has 0 saturated carbocycles. The minimum atomic E-state index is -0.577. The van der Waals surface area contributed by atoms with Gasteiger partial charge in [0.1, 0.15) is 6.04 Å². The van der Waals surface area contributed by atoms with Gasteiger partial charge in [-0.3, -0.25) is 19.1 Å². The maximum absolute atomic E-state index is 13.4. The first-order valence-corrected chi connectivity index (χ1v) is 11.0. The van der Waals surface area contributed by atoms with E-state index in [4.69, 9.17) is 4.98 Å². The highest BCUT2D eigenvalue weighted by Gasteiger charge is 2.40. The lowest BCUT2D eigenvalue weighted by atomic mass is 9.97. The van der Waals surface area contributed by atoms with Crippen molar-refractivity contribution in [2.24, 2.45) is 0 Å². The molecule has 2 heterocycles. The lowest BCUT2D eigenvalue weighted by Gasteiger charge is -2.18. The molecule has 1 unspecified atom stereocenters. The molecular formula is C25H26N4O2. The molecule has 5 rings (SSSR count). The first-order valence-electron chi connectivity index (χ1n) is 11.0. The Bertz CT molecular complexity index is 1150. The summed E-state index contributed by atoms with van der Waals surface area (Å²) in [5, 5.41) is 2.91. The highest BCUT2D eigenvalue weighted by Crippen LogP contribution is 2.37. The van der Waals surface area contributed by atoms with Crippen molar-refractivity contribution in [3.8, 4) is 0 Å².